The van der Waals surface area contributed by atoms with E-state index in [-0.39, 0.29) is 23.3 Å². The van der Waals surface area contributed by atoms with Crippen LogP contribution in [0, 0.1) is 0 Å². The molecule has 2 aliphatic heterocycles. The summed E-state index contributed by atoms with van der Waals surface area (Å²) in [5, 5.41) is 0. The molecule has 3 aliphatic rings. The molecule has 0 radical (unpaired) electrons. The molecular formula is C19H24N2O3. The number of carbonyl (C=O) groups is 2. The number of piperazine rings is 1. The molecule has 5 nitrogen and oxygen atoms in total. The van der Waals surface area contributed by atoms with E-state index in [1.165, 1.54) is 0 Å². The van der Waals surface area contributed by atoms with Crippen molar-refractivity contribution in [3.63, 3.8) is 0 Å². The van der Waals surface area contributed by atoms with Crippen molar-refractivity contribution >= 4 is 11.8 Å². The van der Waals surface area contributed by atoms with Gasteiger partial charge in [-0.3, -0.25) is 9.59 Å². The number of benzene rings is 1. The van der Waals surface area contributed by atoms with Gasteiger partial charge in [-0.2, -0.15) is 0 Å². The number of hydrogen-bond donors (Lipinski definition) is 0. The van der Waals surface area contributed by atoms with Gasteiger partial charge in [-0.05, 0) is 31.2 Å². The number of hydrogen-bond acceptors (Lipinski definition) is 3. The molecule has 2 heterocycles. The third-order valence-electron chi connectivity index (χ3n) is 5.57. The Morgan fingerprint density at radius 2 is 1.67 bits per heavy atom. The normalized spacial score (nSPS) is 25.6. The average molecular weight is 328 g/mol. The van der Waals surface area contributed by atoms with Crippen molar-refractivity contribution in [2.24, 2.45) is 0 Å². The summed E-state index contributed by atoms with van der Waals surface area (Å²) >= 11 is 0. The fourth-order valence-corrected chi connectivity index (χ4v) is 3.92. The fourth-order valence-electron chi connectivity index (χ4n) is 3.92. The van der Waals surface area contributed by atoms with Gasteiger partial charge in [0.2, 0.25) is 5.91 Å². The molecule has 1 aromatic carbocycles. The first kappa shape index (κ1) is 15.6. The SMILES string of the molecule is O=C([C@H]1CCCO1)N1CCN(C(=O)C2(c3ccccc3)CC2)CC1. The Balaban J connectivity index is 1.37. The van der Waals surface area contributed by atoms with E-state index in [4.69, 9.17) is 4.74 Å². The van der Waals surface area contributed by atoms with Crippen molar-refractivity contribution in [1.29, 1.82) is 0 Å². The van der Waals surface area contributed by atoms with Crippen LogP contribution in [-0.2, 0) is 19.7 Å². The molecule has 1 atom stereocenters. The summed E-state index contributed by atoms with van der Waals surface area (Å²) in [6.07, 6.45) is 3.41. The fraction of sp³-hybridized carbons (Fsp3) is 0.579. The predicted molar refractivity (Wildman–Crippen MR) is 89.5 cm³/mol. The lowest BCUT2D eigenvalue weighted by Gasteiger charge is -2.37. The van der Waals surface area contributed by atoms with Crippen LogP contribution in [0.1, 0.15) is 31.2 Å². The van der Waals surface area contributed by atoms with Gasteiger partial charge in [-0.25, -0.2) is 0 Å². The van der Waals surface area contributed by atoms with Gasteiger partial charge in [0.15, 0.2) is 0 Å². The van der Waals surface area contributed by atoms with Crippen LogP contribution in [0.5, 0.6) is 0 Å². The van der Waals surface area contributed by atoms with E-state index in [1.807, 2.05) is 28.0 Å². The molecule has 1 aliphatic carbocycles. The Kier molecular flexibility index (Phi) is 4.04. The molecule has 0 unspecified atom stereocenters. The standard InChI is InChI=1S/C19H24N2O3/c22-17(16-7-4-14-24-16)20-10-12-21(13-11-20)18(23)19(8-9-19)15-5-2-1-3-6-15/h1-3,5-6,16H,4,7-14H2/t16-/m1/s1. The summed E-state index contributed by atoms with van der Waals surface area (Å²) in [5.74, 6) is 0.335. The van der Waals surface area contributed by atoms with Gasteiger partial charge < -0.3 is 14.5 Å². The molecule has 0 N–H and O–H groups in total. The highest BCUT2D eigenvalue weighted by atomic mass is 16.5. The second kappa shape index (κ2) is 6.20. The van der Waals surface area contributed by atoms with Crippen molar-refractivity contribution in [3.05, 3.63) is 35.9 Å². The number of amides is 2. The third kappa shape index (κ3) is 2.71. The minimum absolute atomic E-state index is 0.101. The van der Waals surface area contributed by atoms with Gasteiger partial charge in [0.25, 0.3) is 5.91 Å². The van der Waals surface area contributed by atoms with Crippen LogP contribution in [0.2, 0.25) is 0 Å². The molecule has 2 saturated heterocycles. The van der Waals surface area contributed by atoms with E-state index < -0.39 is 0 Å². The molecule has 128 valence electrons. The molecular weight excluding hydrogens is 304 g/mol. The Morgan fingerprint density at radius 3 is 2.25 bits per heavy atom. The second-order valence-electron chi connectivity index (χ2n) is 7.07. The minimum atomic E-state index is -0.304. The van der Waals surface area contributed by atoms with Gasteiger partial charge in [-0.1, -0.05) is 30.3 Å². The highest BCUT2D eigenvalue weighted by molar-refractivity contribution is 5.91. The Hall–Kier alpha value is -1.88. The monoisotopic (exact) mass is 328 g/mol. The highest BCUT2D eigenvalue weighted by Crippen LogP contribution is 2.49. The van der Waals surface area contributed by atoms with Gasteiger partial charge in [0, 0.05) is 32.8 Å². The molecule has 4 rings (SSSR count). The predicted octanol–water partition coefficient (Wildman–Crippen LogP) is 1.57. The zero-order chi connectivity index (χ0) is 16.6. The van der Waals surface area contributed by atoms with Crippen molar-refractivity contribution in [2.45, 2.75) is 37.2 Å². The average Bonchev–Trinajstić information content (AvgIpc) is 3.28. The molecule has 2 amide bonds. The Morgan fingerprint density at radius 1 is 1.00 bits per heavy atom. The van der Waals surface area contributed by atoms with Crippen molar-refractivity contribution < 1.29 is 14.3 Å². The maximum absolute atomic E-state index is 13.0. The summed E-state index contributed by atoms with van der Waals surface area (Å²) in [7, 11) is 0. The van der Waals surface area contributed by atoms with Crippen LogP contribution in [0.4, 0.5) is 0 Å². The van der Waals surface area contributed by atoms with Crippen LogP contribution in [-0.4, -0.2) is 60.5 Å². The number of ether oxygens (including phenoxy) is 1. The quantitative estimate of drug-likeness (QED) is 0.846. The van der Waals surface area contributed by atoms with E-state index in [1.54, 1.807) is 0 Å². The molecule has 24 heavy (non-hydrogen) atoms. The maximum Gasteiger partial charge on any atom is 0.251 e. The number of nitrogens with zero attached hydrogens (tertiary/aromatic N) is 2. The zero-order valence-electron chi connectivity index (χ0n) is 13.9. The van der Waals surface area contributed by atoms with Crippen LogP contribution < -0.4 is 0 Å². The molecule has 1 saturated carbocycles. The lowest BCUT2D eigenvalue weighted by molar-refractivity contribution is -0.146. The smallest absolute Gasteiger partial charge is 0.251 e. The molecule has 1 aromatic rings. The van der Waals surface area contributed by atoms with Gasteiger partial charge >= 0.3 is 0 Å². The lowest BCUT2D eigenvalue weighted by Crippen LogP contribution is -2.54. The largest absolute Gasteiger partial charge is 0.368 e. The topological polar surface area (TPSA) is 49.9 Å². The minimum Gasteiger partial charge on any atom is -0.368 e. The van der Waals surface area contributed by atoms with E-state index >= 15 is 0 Å². The summed E-state index contributed by atoms with van der Waals surface area (Å²) < 4.78 is 5.49. The summed E-state index contributed by atoms with van der Waals surface area (Å²) in [5.41, 5.74) is 0.829. The lowest BCUT2D eigenvalue weighted by atomic mass is 9.94. The van der Waals surface area contributed by atoms with Gasteiger partial charge in [-0.15, -0.1) is 0 Å². The van der Waals surface area contributed by atoms with Crippen LogP contribution in [0.3, 0.4) is 0 Å². The van der Waals surface area contributed by atoms with Crippen molar-refractivity contribution in [2.75, 3.05) is 32.8 Å². The molecule has 5 heteroatoms. The van der Waals surface area contributed by atoms with Crippen LogP contribution in [0.25, 0.3) is 0 Å². The van der Waals surface area contributed by atoms with Crippen molar-refractivity contribution in [1.82, 2.24) is 9.80 Å². The Labute approximate surface area is 142 Å². The van der Waals surface area contributed by atoms with Crippen molar-refractivity contribution in [3.8, 4) is 0 Å². The van der Waals surface area contributed by atoms with Crippen LogP contribution >= 0.6 is 0 Å². The first-order chi connectivity index (χ1) is 11.7. The molecule has 0 spiro atoms. The van der Waals surface area contributed by atoms with E-state index in [2.05, 4.69) is 12.1 Å². The molecule has 3 fully saturated rings. The summed E-state index contributed by atoms with van der Waals surface area (Å²) in [6.45, 7) is 3.19. The Bertz CT molecular complexity index is 613. The zero-order valence-corrected chi connectivity index (χ0v) is 13.9. The van der Waals surface area contributed by atoms with E-state index in [9.17, 15) is 9.59 Å². The highest BCUT2D eigenvalue weighted by Gasteiger charge is 2.53. The summed E-state index contributed by atoms with van der Waals surface area (Å²) in [6, 6.07) is 10.1. The molecule has 0 bridgehead atoms. The number of carbonyl (C=O) groups excluding carboxylic acids is 2. The molecule has 0 aromatic heterocycles. The number of rotatable bonds is 3. The third-order valence-corrected chi connectivity index (χ3v) is 5.57. The summed E-state index contributed by atoms with van der Waals surface area (Å²) in [4.78, 5) is 29.2. The first-order valence-electron chi connectivity index (χ1n) is 8.96. The van der Waals surface area contributed by atoms with E-state index in [0.717, 1.165) is 31.2 Å². The first-order valence-corrected chi connectivity index (χ1v) is 8.96. The second-order valence-corrected chi connectivity index (χ2v) is 7.07. The van der Waals surface area contributed by atoms with E-state index in [0.29, 0.717) is 32.8 Å². The van der Waals surface area contributed by atoms with Gasteiger partial charge in [0.05, 0.1) is 5.41 Å². The maximum atomic E-state index is 13.0. The van der Waals surface area contributed by atoms with Crippen LogP contribution in [0.15, 0.2) is 30.3 Å². The van der Waals surface area contributed by atoms with Gasteiger partial charge in [0.1, 0.15) is 6.10 Å².